The molecule has 2 aromatic rings. The summed E-state index contributed by atoms with van der Waals surface area (Å²) in [6, 6.07) is 3.82. The predicted molar refractivity (Wildman–Crippen MR) is 89.3 cm³/mol. The smallest absolute Gasteiger partial charge is 0.261 e. The van der Waals surface area contributed by atoms with Crippen LogP contribution in [0.1, 0.15) is 26.2 Å². The highest BCUT2D eigenvalue weighted by Gasteiger charge is 2.08. The molecule has 0 aliphatic rings. The van der Waals surface area contributed by atoms with Crippen molar-refractivity contribution in [2.75, 3.05) is 19.8 Å². The Bertz CT molecular complexity index is 745. The molecule has 0 bridgehead atoms. The lowest BCUT2D eigenvalue weighted by Crippen LogP contribution is -2.33. The van der Waals surface area contributed by atoms with Crippen LogP contribution in [-0.2, 0) is 16.1 Å². The van der Waals surface area contributed by atoms with E-state index in [-0.39, 0.29) is 17.8 Å². The molecule has 24 heavy (non-hydrogen) atoms. The molecule has 0 fully saturated rings. The normalized spacial score (nSPS) is 10.9. The monoisotopic (exact) mass is 335 g/mol. The van der Waals surface area contributed by atoms with Gasteiger partial charge in [0.05, 0.1) is 17.2 Å². The van der Waals surface area contributed by atoms with E-state index in [4.69, 9.17) is 4.74 Å². The number of ether oxygens (including phenoxy) is 1. The van der Waals surface area contributed by atoms with Gasteiger partial charge in [-0.05, 0) is 31.0 Å². The van der Waals surface area contributed by atoms with Gasteiger partial charge < -0.3 is 10.1 Å². The molecule has 1 amide bonds. The molecule has 1 aromatic heterocycles. The zero-order valence-corrected chi connectivity index (χ0v) is 13.8. The minimum atomic E-state index is -0.508. The van der Waals surface area contributed by atoms with Crippen LogP contribution in [0.15, 0.2) is 29.3 Å². The van der Waals surface area contributed by atoms with Gasteiger partial charge in [0.25, 0.3) is 5.56 Å². The summed E-state index contributed by atoms with van der Waals surface area (Å²) in [6.45, 7) is 3.77. The lowest BCUT2D eigenvalue weighted by atomic mass is 10.2. The first-order valence-corrected chi connectivity index (χ1v) is 8.11. The van der Waals surface area contributed by atoms with E-state index < -0.39 is 11.4 Å². The second-order valence-corrected chi connectivity index (χ2v) is 5.51. The molecule has 0 spiro atoms. The van der Waals surface area contributed by atoms with Gasteiger partial charge in [0.2, 0.25) is 5.91 Å². The Hall–Kier alpha value is -2.28. The number of halogens is 1. The molecule has 1 heterocycles. The van der Waals surface area contributed by atoms with E-state index in [1.807, 2.05) is 0 Å². The van der Waals surface area contributed by atoms with Gasteiger partial charge in [0.15, 0.2) is 0 Å². The Balaban J connectivity index is 1.85. The first kappa shape index (κ1) is 18.1. The van der Waals surface area contributed by atoms with Crippen molar-refractivity contribution in [2.24, 2.45) is 0 Å². The number of amides is 1. The summed E-state index contributed by atoms with van der Waals surface area (Å²) in [7, 11) is 0. The molecule has 0 aliphatic carbocycles. The standard InChI is InChI=1S/C17H22FN3O3/c1-2-3-8-24-9-4-7-19-16(22)11-21-12-20-15-6-5-13(18)10-14(15)17(21)23/h5-6,10,12H,2-4,7-9,11H2,1H3,(H,19,22). The maximum Gasteiger partial charge on any atom is 0.261 e. The average Bonchev–Trinajstić information content (AvgIpc) is 2.57. The fraction of sp³-hybridized carbons (Fsp3) is 0.471. The van der Waals surface area contributed by atoms with Crippen molar-refractivity contribution in [1.29, 1.82) is 0 Å². The van der Waals surface area contributed by atoms with Crippen molar-refractivity contribution in [3.63, 3.8) is 0 Å². The first-order chi connectivity index (χ1) is 11.6. The predicted octanol–water partition coefficient (Wildman–Crippen LogP) is 1.86. The van der Waals surface area contributed by atoms with E-state index in [0.717, 1.165) is 25.5 Å². The summed E-state index contributed by atoms with van der Waals surface area (Å²) >= 11 is 0. The Morgan fingerprint density at radius 3 is 2.92 bits per heavy atom. The number of hydrogen-bond donors (Lipinski definition) is 1. The van der Waals surface area contributed by atoms with Gasteiger partial charge in [0.1, 0.15) is 12.4 Å². The minimum Gasteiger partial charge on any atom is -0.381 e. The van der Waals surface area contributed by atoms with Gasteiger partial charge in [-0.2, -0.15) is 0 Å². The van der Waals surface area contributed by atoms with Crippen molar-refractivity contribution in [3.8, 4) is 0 Å². The van der Waals surface area contributed by atoms with Crippen molar-refractivity contribution in [2.45, 2.75) is 32.7 Å². The number of carbonyl (C=O) groups is 1. The van der Waals surface area contributed by atoms with Crippen LogP contribution in [0.2, 0.25) is 0 Å². The molecule has 0 aliphatic heterocycles. The highest BCUT2D eigenvalue weighted by atomic mass is 19.1. The van der Waals surface area contributed by atoms with E-state index in [9.17, 15) is 14.0 Å². The van der Waals surface area contributed by atoms with Gasteiger partial charge in [-0.3, -0.25) is 14.2 Å². The number of nitrogens with one attached hydrogen (secondary N) is 1. The number of hydrogen-bond acceptors (Lipinski definition) is 4. The maximum absolute atomic E-state index is 13.3. The van der Waals surface area contributed by atoms with Crippen molar-refractivity contribution < 1.29 is 13.9 Å². The van der Waals surface area contributed by atoms with Crippen molar-refractivity contribution >= 4 is 16.8 Å². The van der Waals surface area contributed by atoms with Crippen LogP contribution < -0.4 is 10.9 Å². The summed E-state index contributed by atoms with van der Waals surface area (Å²) in [4.78, 5) is 28.2. The van der Waals surface area contributed by atoms with Crippen LogP contribution >= 0.6 is 0 Å². The van der Waals surface area contributed by atoms with E-state index in [1.54, 1.807) is 0 Å². The zero-order chi connectivity index (χ0) is 17.4. The lowest BCUT2D eigenvalue weighted by Gasteiger charge is -2.08. The summed E-state index contributed by atoms with van der Waals surface area (Å²) in [5, 5.41) is 2.89. The summed E-state index contributed by atoms with van der Waals surface area (Å²) < 4.78 is 19.8. The number of unbranched alkanes of at least 4 members (excludes halogenated alkanes) is 1. The number of fused-ring (bicyclic) bond motifs is 1. The van der Waals surface area contributed by atoms with Gasteiger partial charge in [-0.15, -0.1) is 0 Å². The second kappa shape index (κ2) is 9.12. The van der Waals surface area contributed by atoms with Crippen LogP contribution in [-0.4, -0.2) is 35.2 Å². The van der Waals surface area contributed by atoms with Crippen LogP contribution in [0.25, 0.3) is 10.9 Å². The van der Waals surface area contributed by atoms with Crippen LogP contribution in [0.5, 0.6) is 0 Å². The Morgan fingerprint density at radius 2 is 2.12 bits per heavy atom. The third-order valence-electron chi connectivity index (χ3n) is 3.53. The molecule has 1 aromatic carbocycles. The third kappa shape index (κ3) is 5.13. The topological polar surface area (TPSA) is 73.2 Å². The van der Waals surface area contributed by atoms with Crippen molar-refractivity contribution in [3.05, 3.63) is 40.7 Å². The Morgan fingerprint density at radius 1 is 1.33 bits per heavy atom. The molecule has 2 rings (SSSR count). The summed E-state index contributed by atoms with van der Waals surface area (Å²) in [6.07, 6.45) is 4.14. The number of aromatic nitrogens is 2. The quantitative estimate of drug-likeness (QED) is 0.710. The molecule has 1 N–H and O–H groups in total. The Kier molecular flexibility index (Phi) is 6.87. The van der Waals surface area contributed by atoms with Gasteiger partial charge in [-0.25, -0.2) is 9.37 Å². The average molecular weight is 335 g/mol. The first-order valence-electron chi connectivity index (χ1n) is 8.11. The molecule has 6 nitrogen and oxygen atoms in total. The number of rotatable bonds is 9. The number of benzene rings is 1. The molecular weight excluding hydrogens is 313 g/mol. The molecule has 130 valence electrons. The van der Waals surface area contributed by atoms with Crippen molar-refractivity contribution in [1.82, 2.24) is 14.9 Å². The molecule has 0 radical (unpaired) electrons. The van der Waals surface area contributed by atoms with Crippen LogP contribution in [0.3, 0.4) is 0 Å². The van der Waals surface area contributed by atoms with Gasteiger partial charge in [0, 0.05) is 19.8 Å². The molecule has 0 saturated heterocycles. The van der Waals surface area contributed by atoms with E-state index in [1.165, 1.54) is 23.0 Å². The number of nitrogens with zero attached hydrogens (tertiary/aromatic N) is 2. The van der Waals surface area contributed by atoms with E-state index in [0.29, 0.717) is 25.1 Å². The third-order valence-corrected chi connectivity index (χ3v) is 3.53. The summed E-state index contributed by atoms with van der Waals surface area (Å²) in [5.41, 5.74) is -0.0279. The van der Waals surface area contributed by atoms with Gasteiger partial charge in [-0.1, -0.05) is 13.3 Å². The molecular formula is C17H22FN3O3. The largest absolute Gasteiger partial charge is 0.381 e. The highest BCUT2D eigenvalue weighted by molar-refractivity contribution is 5.78. The molecule has 0 unspecified atom stereocenters. The zero-order valence-electron chi connectivity index (χ0n) is 13.8. The minimum absolute atomic E-state index is 0.144. The lowest BCUT2D eigenvalue weighted by molar-refractivity contribution is -0.121. The maximum atomic E-state index is 13.3. The van der Waals surface area contributed by atoms with Crippen LogP contribution in [0, 0.1) is 5.82 Å². The molecule has 0 atom stereocenters. The molecule has 7 heteroatoms. The Labute approximate surface area is 139 Å². The fourth-order valence-corrected chi connectivity index (χ4v) is 2.20. The van der Waals surface area contributed by atoms with E-state index >= 15 is 0 Å². The van der Waals surface area contributed by atoms with Crippen LogP contribution in [0.4, 0.5) is 4.39 Å². The van der Waals surface area contributed by atoms with Gasteiger partial charge >= 0.3 is 0 Å². The second-order valence-electron chi connectivity index (χ2n) is 5.51. The molecule has 0 saturated carbocycles. The van der Waals surface area contributed by atoms with E-state index in [2.05, 4.69) is 17.2 Å². The number of carbonyl (C=O) groups excluding carboxylic acids is 1. The highest BCUT2D eigenvalue weighted by Crippen LogP contribution is 2.08. The summed E-state index contributed by atoms with van der Waals surface area (Å²) in [5.74, 6) is -0.796. The SMILES string of the molecule is CCCCOCCCNC(=O)Cn1cnc2ccc(F)cc2c1=O. The fourth-order valence-electron chi connectivity index (χ4n) is 2.20.